The van der Waals surface area contributed by atoms with Crippen LogP contribution in [0.15, 0.2) is 30.6 Å². The van der Waals surface area contributed by atoms with Crippen molar-refractivity contribution >= 4 is 40.5 Å². The van der Waals surface area contributed by atoms with E-state index in [0.717, 1.165) is 75.1 Å². The average molecular weight is 427 g/mol. The van der Waals surface area contributed by atoms with Crippen molar-refractivity contribution in [2.24, 2.45) is 5.92 Å². The van der Waals surface area contributed by atoms with Crippen LogP contribution in [-0.4, -0.2) is 64.7 Å². The second-order valence-electron chi connectivity index (χ2n) is 7.96. The zero-order valence-corrected chi connectivity index (χ0v) is 17.7. The Morgan fingerprint density at radius 2 is 1.90 bits per heavy atom. The molecule has 0 bridgehead atoms. The molecular formula is C22H27ClN6O. The lowest BCUT2D eigenvalue weighted by atomic mass is 9.97. The first kappa shape index (κ1) is 20.6. The lowest BCUT2D eigenvalue weighted by molar-refractivity contribution is 0.140. The van der Waals surface area contributed by atoms with Gasteiger partial charge >= 0.3 is 6.03 Å². The van der Waals surface area contributed by atoms with Gasteiger partial charge in [0.05, 0.1) is 11.0 Å². The number of urea groups is 1. The number of fused-ring (bicyclic) bond motifs is 1. The normalized spacial score (nSPS) is 18.1. The molecule has 0 aromatic carbocycles. The lowest BCUT2D eigenvalue weighted by Crippen LogP contribution is -2.46. The summed E-state index contributed by atoms with van der Waals surface area (Å²) in [5, 5.41) is 11.6. The molecule has 2 aliphatic heterocycles. The zero-order valence-electron chi connectivity index (χ0n) is 17.0. The second kappa shape index (κ2) is 9.43. The van der Waals surface area contributed by atoms with E-state index in [2.05, 4.69) is 15.3 Å². The van der Waals surface area contributed by atoms with Gasteiger partial charge in [-0.25, -0.2) is 9.78 Å². The maximum Gasteiger partial charge on any atom is 0.319 e. The molecule has 2 amide bonds. The number of hydrogen-bond donors (Lipinski definition) is 2. The average Bonchev–Trinajstić information content (AvgIpc) is 3.31. The van der Waals surface area contributed by atoms with Crippen LogP contribution >= 0.6 is 11.6 Å². The maximum atomic E-state index is 12.5. The number of hydrogen-bond acceptors (Lipinski definition) is 5. The summed E-state index contributed by atoms with van der Waals surface area (Å²) in [6.45, 7) is 4.29. The van der Waals surface area contributed by atoms with Crippen LogP contribution in [-0.2, 0) is 0 Å². The topological polar surface area (TPSA) is 85.2 Å². The van der Waals surface area contributed by atoms with Crippen LogP contribution in [0, 0.1) is 11.3 Å². The number of nitrogens with zero attached hydrogens (tertiary/aromatic N) is 4. The Hall–Kier alpha value is -2.67. The van der Waals surface area contributed by atoms with E-state index in [1.807, 2.05) is 28.1 Å². The van der Waals surface area contributed by atoms with Gasteiger partial charge in [-0.2, -0.15) is 0 Å². The molecule has 2 aliphatic rings. The predicted molar refractivity (Wildman–Crippen MR) is 120 cm³/mol. The Labute approximate surface area is 181 Å². The highest BCUT2D eigenvalue weighted by Gasteiger charge is 2.27. The van der Waals surface area contributed by atoms with E-state index in [1.165, 1.54) is 6.21 Å². The summed E-state index contributed by atoms with van der Waals surface area (Å²) in [7, 11) is 0. The molecule has 0 spiro atoms. The molecule has 2 saturated heterocycles. The van der Waals surface area contributed by atoms with Crippen molar-refractivity contribution < 1.29 is 4.79 Å². The number of carbonyl (C=O) groups is 1. The fourth-order valence-corrected chi connectivity index (χ4v) is 4.27. The summed E-state index contributed by atoms with van der Waals surface area (Å²) in [5.41, 5.74) is 3.05. The number of aromatic nitrogens is 2. The smallest absolute Gasteiger partial charge is 0.319 e. The Morgan fingerprint density at radius 1 is 1.17 bits per heavy atom. The van der Waals surface area contributed by atoms with Crippen molar-refractivity contribution in [3.05, 3.63) is 41.3 Å². The molecular weight excluding hydrogens is 400 g/mol. The molecule has 0 aliphatic carbocycles. The van der Waals surface area contributed by atoms with Gasteiger partial charge in [0.25, 0.3) is 0 Å². The number of piperidine rings is 1. The first-order valence-electron chi connectivity index (χ1n) is 10.5. The van der Waals surface area contributed by atoms with Gasteiger partial charge in [0, 0.05) is 62.5 Å². The molecule has 158 valence electrons. The first-order valence-corrected chi connectivity index (χ1v) is 10.9. The minimum absolute atomic E-state index is 0.211. The van der Waals surface area contributed by atoms with Gasteiger partial charge in [-0.05, 0) is 49.8 Å². The van der Waals surface area contributed by atoms with Crippen molar-refractivity contribution in [2.75, 3.05) is 32.7 Å². The fraction of sp³-hybridized carbons (Fsp3) is 0.455. The number of likely N-dealkylation sites (tertiary alicyclic amines) is 2. The summed E-state index contributed by atoms with van der Waals surface area (Å²) >= 11 is 5.98. The van der Waals surface area contributed by atoms with Gasteiger partial charge in [0.15, 0.2) is 0 Å². The second-order valence-corrected chi connectivity index (χ2v) is 8.34. The number of pyridine rings is 2. The third-order valence-corrected chi connectivity index (χ3v) is 6.13. The molecule has 4 rings (SSSR count). The molecule has 8 heteroatoms. The van der Waals surface area contributed by atoms with E-state index >= 15 is 0 Å². The van der Waals surface area contributed by atoms with E-state index in [0.29, 0.717) is 16.6 Å². The minimum atomic E-state index is 0.211. The zero-order chi connectivity index (χ0) is 20.9. The molecule has 7 nitrogen and oxygen atoms in total. The molecule has 0 unspecified atom stereocenters. The molecule has 2 fully saturated rings. The Kier molecular flexibility index (Phi) is 6.47. The van der Waals surface area contributed by atoms with Gasteiger partial charge in [0.2, 0.25) is 0 Å². The fourth-order valence-electron chi connectivity index (χ4n) is 4.12. The van der Waals surface area contributed by atoms with Crippen LogP contribution in [0.25, 0.3) is 16.6 Å². The van der Waals surface area contributed by atoms with Gasteiger partial charge in [-0.15, -0.1) is 0 Å². The SMILES string of the molecule is N=C/C(=C\NCC1CCN(C(=O)N2CCCC2)CC1)c1cnc2ccc(Cl)nc2c1. The van der Waals surface area contributed by atoms with Crippen molar-refractivity contribution in [2.45, 2.75) is 25.7 Å². The summed E-state index contributed by atoms with van der Waals surface area (Å²) in [4.78, 5) is 25.2. The van der Waals surface area contributed by atoms with Crippen LogP contribution < -0.4 is 5.32 Å². The highest BCUT2D eigenvalue weighted by molar-refractivity contribution is 6.29. The van der Waals surface area contributed by atoms with Gasteiger partial charge < -0.3 is 20.5 Å². The molecule has 0 saturated carbocycles. The number of halogens is 1. The highest BCUT2D eigenvalue weighted by Crippen LogP contribution is 2.21. The van der Waals surface area contributed by atoms with Crippen LogP contribution in [0.4, 0.5) is 4.79 Å². The molecule has 2 N–H and O–H groups in total. The number of carbonyl (C=O) groups excluding carboxylic acids is 1. The third kappa shape index (κ3) is 4.73. The van der Waals surface area contributed by atoms with Crippen molar-refractivity contribution in [1.82, 2.24) is 25.1 Å². The molecule has 2 aromatic heterocycles. The van der Waals surface area contributed by atoms with E-state index in [9.17, 15) is 4.79 Å². The number of allylic oxidation sites excluding steroid dienone is 1. The van der Waals surface area contributed by atoms with Gasteiger partial charge in [-0.1, -0.05) is 11.6 Å². The van der Waals surface area contributed by atoms with Crippen LogP contribution in [0.1, 0.15) is 31.2 Å². The van der Waals surface area contributed by atoms with Crippen molar-refractivity contribution in [3.63, 3.8) is 0 Å². The van der Waals surface area contributed by atoms with E-state index < -0.39 is 0 Å². The minimum Gasteiger partial charge on any atom is -0.390 e. The number of nitrogens with one attached hydrogen (secondary N) is 2. The molecule has 0 radical (unpaired) electrons. The van der Waals surface area contributed by atoms with Gasteiger partial charge in [-0.3, -0.25) is 4.98 Å². The monoisotopic (exact) mass is 426 g/mol. The molecule has 2 aromatic rings. The van der Waals surface area contributed by atoms with Gasteiger partial charge in [0.1, 0.15) is 5.15 Å². The largest absolute Gasteiger partial charge is 0.390 e. The molecule has 0 atom stereocenters. The van der Waals surface area contributed by atoms with E-state index in [4.69, 9.17) is 17.0 Å². The summed E-state index contributed by atoms with van der Waals surface area (Å²) < 4.78 is 0. The lowest BCUT2D eigenvalue weighted by Gasteiger charge is -2.34. The highest BCUT2D eigenvalue weighted by atomic mass is 35.5. The molecule has 4 heterocycles. The quantitative estimate of drug-likeness (QED) is 0.562. The third-order valence-electron chi connectivity index (χ3n) is 5.92. The number of amides is 2. The summed E-state index contributed by atoms with van der Waals surface area (Å²) in [6, 6.07) is 5.66. The van der Waals surface area contributed by atoms with E-state index in [1.54, 1.807) is 12.3 Å². The maximum absolute atomic E-state index is 12.5. The number of rotatable bonds is 5. The Bertz CT molecular complexity index is 948. The summed E-state index contributed by atoms with van der Waals surface area (Å²) in [6.07, 6.45) is 9.19. The standard InChI is InChI=1S/C22H27ClN6O/c23-21-4-3-19-20(27-21)11-17(15-26-19)18(12-24)14-25-13-16-5-9-29(10-6-16)22(30)28-7-1-2-8-28/h3-4,11-12,14-16,24-25H,1-2,5-10,13H2/b18-14+,24-12?. The first-order chi connectivity index (χ1) is 14.6. The van der Waals surface area contributed by atoms with Crippen molar-refractivity contribution in [3.8, 4) is 0 Å². The van der Waals surface area contributed by atoms with Crippen LogP contribution in [0.3, 0.4) is 0 Å². The van der Waals surface area contributed by atoms with Crippen molar-refractivity contribution in [1.29, 1.82) is 5.41 Å². The Morgan fingerprint density at radius 3 is 2.63 bits per heavy atom. The van der Waals surface area contributed by atoms with Crippen LogP contribution in [0.2, 0.25) is 5.15 Å². The molecule has 30 heavy (non-hydrogen) atoms. The van der Waals surface area contributed by atoms with E-state index in [-0.39, 0.29) is 6.03 Å². The predicted octanol–water partition coefficient (Wildman–Crippen LogP) is 3.79. The Balaban J connectivity index is 1.31. The summed E-state index contributed by atoms with van der Waals surface area (Å²) in [5.74, 6) is 0.520. The van der Waals surface area contributed by atoms with Crippen LogP contribution in [0.5, 0.6) is 0 Å².